The lowest BCUT2D eigenvalue weighted by Crippen LogP contribution is -1.84. The van der Waals surface area contributed by atoms with Gasteiger partial charge in [0.05, 0.1) is 31.6 Å². The van der Waals surface area contributed by atoms with E-state index < -0.39 is 0 Å². The van der Waals surface area contributed by atoms with Crippen LogP contribution in [0.4, 0.5) is 0 Å². The summed E-state index contributed by atoms with van der Waals surface area (Å²) in [6.45, 7) is 0. The number of hydrogen-bond acceptors (Lipinski definition) is 6. The molecule has 0 atom stereocenters. The lowest BCUT2D eigenvalue weighted by molar-refractivity contribution is 1.02. The third kappa shape index (κ3) is 3.23. The van der Waals surface area contributed by atoms with E-state index in [1.54, 1.807) is 45.3 Å². The SMILES string of the molecule is Cn1c2cc(/C=C(\C#N)c3cccs3)sc2c2sc(/C=C(\C#N)c3cccs3)cc21. The van der Waals surface area contributed by atoms with Crippen molar-refractivity contribution < 1.29 is 0 Å². The minimum absolute atomic E-state index is 0.692. The Morgan fingerprint density at radius 2 is 1.30 bits per heavy atom. The van der Waals surface area contributed by atoms with Crippen molar-refractivity contribution in [3.05, 3.63) is 66.7 Å². The van der Waals surface area contributed by atoms with Gasteiger partial charge < -0.3 is 4.57 Å². The third-order valence-corrected chi connectivity index (χ3v) is 8.89. The fourth-order valence-corrected chi connectivity index (χ4v) is 7.16. The minimum Gasteiger partial charge on any atom is -0.342 e. The quantitative estimate of drug-likeness (QED) is 0.258. The summed E-state index contributed by atoms with van der Waals surface area (Å²) < 4.78 is 4.64. The average molecular weight is 460 g/mol. The number of allylic oxidation sites excluding steroid dienone is 2. The molecule has 0 fully saturated rings. The largest absolute Gasteiger partial charge is 0.342 e. The van der Waals surface area contributed by atoms with Crippen molar-refractivity contribution in [1.82, 2.24) is 4.57 Å². The van der Waals surface area contributed by atoms with Crippen LogP contribution in [0.5, 0.6) is 0 Å². The van der Waals surface area contributed by atoms with E-state index in [4.69, 9.17) is 0 Å². The molecule has 5 heterocycles. The van der Waals surface area contributed by atoms with Crippen molar-refractivity contribution >= 4 is 89.1 Å². The first-order valence-corrected chi connectivity index (χ1v) is 12.4. The highest BCUT2D eigenvalue weighted by Crippen LogP contribution is 2.41. The summed E-state index contributed by atoms with van der Waals surface area (Å²) in [5.74, 6) is 0. The number of fused-ring (bicyclic) bond motifs is 3. The van der Waals surface area contributed by atoms with Crippen LogP contribution in [0.25, 0.3) is 43.7 Å². The Hall–Kier alpha value is -2.94. The highest BCUT2D eigenvalue weighted by atomic mass is 32.1. The highest BCUT2D eigenvalue weighted by Gasteiger charge is 2.16. The van der Waals surface area contributed by atoms with Gasteiger partial charge in [0, 0.05) is 26.6 Å². The molecule has 5 aromatic rings. The number of rotatable bonds is 4. The van der Waals surface area contributed by atoms with Crippen molar-refractivity contribution in [2.24, 2.45) is 7.05 Å². The van der Waals surface area contributed by atoms with E-state index in [9.17, 15) is 10.5 Å². The van der Waals surface area contributed by atoms with Gasteiger partial charge in [-0.3, -0.25) is 0 Å². The number of thiophene rings is 4. The Kier molecular flexibility index (Phi) is 4.90. The Labute approximate surface area is 189 Å². The molecule has 3 nitrogen and oxygen atoms in total. The Balaban J connectivity index is 1.60. The molecule has 30 heavy (non-hydrogen) atoms. The molecule has 5 aromatic heterocycles. The van der Waals surface area contributed by atoms with E-state index >= 15 is 0 Å². The molecule has 144 valence electrons. The molecule has 0 saturated carbocycles. The van der Waals surface area contributed by atoms with Gasteiger partial charge in [-0.15, -0.1) is 45.3 Å². The van der Waals surface area contributed by atoms with Gasteiger partial charge in [-0.05, 0) is 47.2 Å². The molecule has 7 heteroatoms. The predicted molar refractivity (Wildman–Crippen MR) is 132 cm³/mol. The first-order valence-electron chi connectivity index (χ1n) is 9.01. The maximum atomic E-state index is 9.56. The second-order valence-corrected chi connectivity index (χ2v) is 10.6. The second-order valence-electron chi connectivity index (χ2n) is 6.58. The Morgan fingerprint density at radius 1 is 0.833 bits per heavy atom. The summed E-state index contributed by atoms with van der Waals surface area (Å²) in [6, 6.07) is 16.8. The Morgan fingerprint density at radius 3 is 1.67 bits per heavy atom. The van der Waals surface area contributed by atoms with Crippen LogP contribution in [0.15, 0.2) is 47.2 Å². The van der Waals surface area contributed by atoms with Crippen LogP contribution in [0, 0.1) is 22.7 Å². The zero-order valence-corrected chi connectivity index (χ0v) is 19.0. The van der Waals surface area contributed by atoms with Gasteiger partial charge in [0.2, 0.25) is 0 Å². The van der Waals surface area contributed by atoms with Crippen LogP contribution in [0.2, 0.25) is 0 Å². The molecule has 0 spiro atoms. The molecular weight excluding hydrogens is 447 g/mol. The van der Waals surface area contributed by atoms with Gasteiger partial charge in [0.1, 0.15) is 12.1 Å². The maximum absolute atomic E-state index is 9.56. The van der Waals surface area contributed by atoms with Crippen LogP contribution < -0.4 is 0 Å². The van der Waals surface area contributed by atoms with Crippen molar-refractivity contribution in [3.8, 4) is 12.1 Å². The standard InChI is InChI=1S/C23H13N3S4/c1-26-18-10-16(8-14(12-24)20-4-2-6-27-20)29-22(18)23-19(26)11-17(30-23)9-15(13-25)21-5-3-7-28-21/h2-11H,1H3/b14-8+,15-9+. The third-order valence-electron chi connectivity index (χ3n) is 4.78. The average Bonchev–Trinajstić information content (AvgIpc) is 3.55. The zero-order chi connectivity index (χ0) is 20.7. The smallest absolute Gasteiger partial charge is 0.101 e. The number of nitriles is 2. The summed E-state index contributed by atoms with van der Waals surface area (Å²) >= 11 is 6.57. The minimum atomic E-state index is 0.692. The summed E-state index contributed by atoms with van der Waals surface area (Å²) in [4.78, 5) is 4.12. The molecule has 0 saturated heterocycles. The monoisotopic (exact) mass is 459 g/mol. The van der Waals surface area contributed by atoms with Gasteiger partial charge in [0.25, 0.3) is 0 Å². The molecule has 0 aromatic carbocycles. The van der Waals surface area contributed by atoms with Gasteiger partial charge in [-0.25, -0.2) is 0 Å². The van der Waals surface area contributed by atoms with E-state index in [0.29, 0.717) is 11.1 Å². The van der Waals surface area contributed by atoms with E-state index in [1.165, 1.54) is 20.4 Å². The lowest BCUT2D eigenvalue weighted by Gasteiger charge is -1.94. The zero-order valence-electron chi connectivity index (χ0n) is 15.7. The molecule has 0 radical (unpaired) electrons. The van der Waals surface area contributed by atoms with Crippen molar-refractivity contribution in [2.45, 2.75) is 0 Å². The normalized spacial score (nSPS) is 12.5. The number of aryl methyl sites for hydroxylation is 1. The molecule has 5 rings (SSSR count). The topological polar surface area (TPSA) is 52.5 Å². The molecular formula is C23H13N3S4. The second kappa shape index (κ2) is 7.71. The molecule has 0 aliphatic rings. The molecule has 0 unspecified atom stereocenters. The number of aromatic nitrogens is 1. The molecule has 0 aliphatic carbocycles. The van der Waals surface area contributed by atoms with Gasteiger partial charge in [-0.1, -0.05) is 12.1 Å². The molecule has 0 N–H and O–H groups in total. The number of nitrogens with zero attached hydrogens (tertiary/aromatic N) is 3. The first kappa shape index (κ1) is 19.0. The van der Waals surface area contributed by atoms with Crippen molar-refractivity contribution in [2.75, 3.05) is 0 Å². The number of hydrogen-bond donors (Lipinski definition) is 0. The van der Waals surface area contributed by atoms with Crippen LogP contribution >= 0.6 is 45.3 Å². The van der Waals surface area contributed by atoms with E-state index in [1.807, 2.05) is 47.2 Å². The van der Waals surface area contributed by atoms with Gasteiger partial charge >= 0.3 is 0 Å². The fraction of sp³-hybridized carbons (Fsp3) is 0.0435. The summed E-state index contributed by atoms with van der Waals surface area (Å²) in [5.41, 5.74) is 3.73. The maximum Gasteiger partial charge on any atom is 0.101 e. The molecule has 0 aliphatic heterocycles. The van der Waals surface area contributed by atoms with Crippen LogP contribution in [-0.4, -0.2) is 4.57 Å². The van der Waals surface area contributed by atoms with E-state index in [-0.39, 0.29) is 0 Å². The predicted octanol–water partition coefficient (Wildman–Crippen LogP) is 7.71. The van der Waals surface area contributed by atoms with Crippen LogP contribution in [0.3, 0.4) is 0 Å². The van der Waals surface area contributed by atoms with Crippen molar-refractivity contribution in [3.63, 3.8) is 0 Å². The Bertz CT molecular complexity index is 1390. The van der Waals surface area contributed by atoms with Crippen LogP contribution in [-0.2, 0) is 7.05 Å². The van der Waals surface area contributed by atoms with Gasteiger partial charge in [0.15, 0.2) is 0 Å². The van der Waals surface area contributed by atoms with Gasteiger partial charge in [-0.2, -0.15) is 10.5 Å². The van der Waals surface area contributed by atoms with E-state index in [2.05, 4.69) is 35.9 Å². The summed E-state index contributed by atoms with van der Waals surface area (Å²) in [6.07, 6.45) is 3.95. The molecule has 0 bridgehead atoms. The van der Waals surface area contributed by atoms with E-state index in [0.717, 1.165) is 19.5 Å². The lowest BCUT2D eigenvalue weighted by atomic mass is 10.2. The van der Waals surface area contributed by atoms with Crippen LogP contribution in [0.1, 0.15) is 19.5 Å². The molecule has 0 amide bonds. The first-order chi connectivity index (χ1) is 14.7. The van der Waals surface area contributed by atoms with Crippen molar-refractivity contribution in [1.29, 1.82) is 10.5 Å². The highest BCUT2D eigenvalue weighted by molar-refractivity contribution is 7.28. The fourth-order valence-electron chi connectivity index (χ4n) is 3.36. The summed E-state index contributed by atoms with van der Waals surface area (Å²) in [5, 5.41) is 23.1. The summed E-state index contributed by atoms with van der Waals surface area (Å²) in [7, 11) is 2.07.